The summed E-state index contributed by atoms with van der Waals surface area (Å²) in [5, 5.41) is 0. The summed E-state index contributed by atoms with van der Waals surface area (Å²) in [6.45, 7) is 1.98. The van der Waals surface area contributed by atoms with E-state index >= 15 is 0 Å². The molecule has 0 N–H and O–H groups in total. The normalized spacial score (nSPS) is 15.6. The average Bonchev–Trinajstić information content (AvgIpc) is 2.67. The van der Waals surface area contributed by atoms with Gasteiger partial charge in [0.15, 0.2) is 0 Å². The van der Waals surface area contributed by atoms with Crippen LogP contribution in [0.15, 0.2) is 42.6 Å². The molecule has 1 aliphatic heterocycles. The molecule has 1 aromatic carbocycles. The molecule has 0 atom stereocenters. The minimum atomic E-state index is -4.42. The van der Waals surface area contributed by atoms with E-state index in [0.29, 0.717) is 37.5 Å². The molecular formula is C19H20F3N3O2. The van der Waals surface area contributed by atoms with Crippen LogP contribution in [0.2, 0.25) is 0 Å². The van der Waals surface area contributed by atoms with E-state index in [1.807, 2.05) is 4.90 Å². The topological polar surface area (TPSA) is 45.7 Å². The van der Waals surface area contributed by atoms with Crippen LogP contribution in [0.4, 0.5) is 13.2 Å². The van der Waals surface area contributed by atoms with Gasteiger partial charge in [0, 0.05) is 44.5 Å². The lowest BCUT2D eigenvalue weighted by Gasteiger charge is -2.35. The minimum absolute atomic E-state index is 0.0116. The molecule has 144 valence electrons. The number of carbonyl (C=O) groups excluding carboxylic acids is 1. The van der Waals surface area contributed by atoms with Crippen molar-refractivity contribution in [3.63, 3.8) is 0 Å². The quantitative estimate of drug-likeness (QED) is 0.819. The first-order valence-corrected chi connectivity index (χ1v) is 8.55. The molecule has 0 bridgehead atoms. The number of hydrogen-bond donors (Lipinski definition) is 0. The van der Waals surface area contributed by atoms with Crippen molar-refractivity contribution in [2.75, 3.05) is 33.3 Å². The van der Waals surface area contributed by atoms with Crippen LogP contribution in [-0.4, -0.2) is 54.0 Å². The van der Waals surface area contributed by atoms with Crippen LogP contribution in [0.3, 0.4) is 0 Å². The van der Waals surface area contributed by atoms with Crippen LogP contribution in [0, 0.1) is 0 Å². The van der Waals surface area contributed by atoms with Gasteiger partial charge in [-0.1, -0.05) is 6.07 Å². The Labute approximate surface area is 155 Å². The lowest BCUT2D eigenvalue weighted by atomic mass is 10.1. The molecule has 0 radical (unpaired) electrons. The average molecular weight is 379 g/mol. The van der Waals surface area contributed by atoms with E-state index in [0.717, 1.165) is 6.07 Å². The van der Waals surface area contributed by atoms with Gasteiger partial charge < -0.3 is 9.64 Å². The fourth-order valence-corrected chi connectivity index (χ4v) is 3.08. The number of ether oxygens (including phenoxy) is 1. The van der Waals surface area contributed by atoms with Crippen molar-refractivity contribution in [3.05, 3.63) is 59.4 Å². The minimum Gasteiger partial charge on any atom is -0.497 e. The number of aromatic nitrogens is 1. The Bertz CT molecular complexity index is 803. The number of rotatable bonds is 4. The molecule has 0 saturated carbocycles. The summed E-state index contributed by atoms with van der Waals surface area (Å²) in [5.41, 5.74) is -0.163. The lowest BCUT2D eigenvalue weighted by Crippen LogP contribution is -2.48. The second-order valence-corrected chi connectivity index (χ2v) is 6.30. The van der Waals surface area contributed by atoms with E-state index in [4.69, 9.17) is 4.74 Å². The van der Waals surface area contributed by atoms with Gasteiger partial charge in [-0.2, -0.15) is 13.2 Å². The van der Waals surface area contributed by atoms with Crippen LogP contribution < -0.4 is 4.74 Å². The van der Waals surface area contributed by atoms with Crippen molar-refractivity contribution in [3.8, 4) is 5.75 Å². The van der Waals surface area contributed by atoms with E-state index in [2.05, 4.69) is 4.98 Å². The molecule has 2 aromatic rings. The fraction of sp³-hybridized carbons (Fsp3) is 0.368. The van der Waals surface area contributed by atoms with E-state index in [1.54, 1.807) is 29.2 Å². The molecule has 3 rings (SSSR count). The van der Waals surface area contributed by atoms with Gasteiger partial charge in [-0.3, -0.25) is 14.7 Å². The number of halogens is 3. The maximum atomic E-state index is 13.1. The molecule has 1 amide bonds. The molecule has 0 spiro atoms. The molecule has 0 aliphatic carbocycles. The van der Waals surface area contributed by atoms with Crippen LogP contribution in [0.5, 0.6) is 5.75 Å². The largest absolute Gasteiger partial charge is 0.497 e. The Kier molecular flexibility index (Phi) is 5.65. The Morgan fingerprint density at radius 2 is 1.89 bits per heavy atom. The van der Waals surface area contributed by atoms with E-state index in [1.165, 1.54) is 19.4 Å². The molecule has 5 nitrogen and oxygen atoms in total. The zero-order valence-corrected chi connectivity index (χ0v) is 14.9. The van der Waals surface area contributed by atoms with Gasteiger partial charge in [0.2, 0.25) is 0 Å². The highest BCUT2D eigenvalue weighted by atomic mass is 19.4. The van der Waals surface area contributed by atoms with Gasteiger partial charge >= 0.3 is 6.18 Å². The van der Waals surface area contributed by atoms with E-state index < -0.39 is 11.7 Å². The maximum absolute atomic E-state index is 13.1. The number of benzene rings is 1. The molecule has 2 heterocycles. The third-order valence-electron chi connectivity index (χ3n) is 4.55. The second kappa shape index (κ2) is 7.96. The fourth-order valence-electron chi connectivity index (χ4n) is 3.08. The summed E-state index contributed by atoms with van der Waals surface area (Å²) in [4.78, 5) is 20.1. The number of carbonyl (C=O) groups is 1. The number of piperazine rings is 1. The lowest BCUT2D eigenvalue weighted by molar-refractivity contribution is -0.138. The Hall–Kier alpha value is -2.61. The van der Waals surface area contributed by atoms with Gasteiger partial charge in [0.05, 0.1) is 18.4 Å². The van der Waals surface area contributed by atoms with Crippen molar-refractivity contribution < 1.29 is 22.7 Å². The summed E-state index contributed by atoms with van der Waals surface area (Å²) in [5.74, 6) is 0.497. The third kappa shape index (κ3) is 4.57. The van der Waals surface area contributed by atoms with E-state index in [9.17, 15) is 18.0 Å². The summed E-state index contributed by atoms with van der Waals surface area (Å²) < 4.78 is 44.4. The van der Waals surface area contributed by atoms with Gasteiger partial charge in [-0.15, -0.1) is 0 Å². The second-order valence-electron chi connectivity index (χ2n) is 6.30. The molecule has 1 saturated heterocycles. The van der Waals surface area contributed by atoms with Crippen LogP contribution in [0.1, 0.15) is 21.6 Å². The number of amides is 1. The van der Waals surface area contributed by atoms with E-state index in [-0.39, 0.29) is 18.1 Å². The first-order valence-electron chi connectivity index (χ1n) is 8.55. The van der Waals surface area contributed by atoms with Crippen LogP contribution in [0.25, 0.3) is 0 Å². The SMILES string of the molecule is COc1cccc(C(=O)N2CCN(Cc3ncccc3C(F)(F)F)CC2)c1. The summed E-state index contributed by atoms with van der Waals surface area (Å²) in [7, 11) is 1.54. The van der Waals surface area contributed by atoms with Crippen molar-refractivity contribution in [2.45, 2.75) is 12.7 Å². The van der Waals surface area contributed by atoms with Crippen molar-refractivity contribution >= 4 is 5.91 Å². The summed E-state index contributed by atoms with van der Waals surface area (Å²) in [6.07, 6.45) is -3.05. The summed E-state index contributed by atoms with van der Waals surface area (Å²) >= 11 is 0. The van der Waals surface area contributed by atoms with Gasteiger partial charge in [0.25, 0.3) is 5.91 Å². The number of hydrogen-bond acceptors (Lipinski definition) is 4. The highest BCUT2D eigenvalue weighted by Gasteiger charge is 2.34. The Balaban J connectivity index is 1.62. The molecule has 1 aliphatic rings. The zero-order valence-electron chi connectivity index (χ0n) is 14.9. The first-order chi connectivity index (χ1) is 12.9. The van der Waals surface area contributed by atoms with Crippen LogP contribution >= 0.6 is 0 Å². The molecule has 27 heavy (non-hydrogen) atoms. The number of pyridine rings is 1. The highest BCUT2D eigenvalue weighted by molar-refractivity contribution is 5.94. The monoisotopic (exact) mass is 379 g/mol. The smallest absolute Gasteiger partial charge is 0.418 e. The predicted octanol–water partition coefficient (Wildman–Crippen LogP) is 3.07. The zero-order chi connectivity index (χ0) is 19.4. The molecule has 0 unspecified atom stereocenters. The van der Waals surface area contributed by atoms with Gasteiger partial charge in [-0.05, 0) is 30.3 Å². The molecular weight excluding hydrogens is 359 g/mol. The molecule has 8 heteroatoms. The standard InChI is InChI=1S/C19H20F3N3O2/c1-27-15-5-2-4-14(12-15)18(26)25-10-8-24(9-11-25)13-17-16(19(20,21)22)6-3-7-23-17/h2-7,12H,8-11,13H2,1H3. The van der Waals surface area contributed by atoms with Crippen LogP contribution in [-0.2, 0) is 12.7 Å². The first kappa shape index (κ1) is 19.2. The maximum Gasteiger partial charge on any atom is 0.418 e. The van der Waals surface area contributed by atoms with Gasteiger partial charge in [0.1, 0.15) is 5.75 Å². The highest BCUT2D eigenvalue weighted by Crippen LogP contribution is 2.31. The van der Waals surface area contributed by atoms with Crippen molar-refractivity contribution in [2.24, 2.45) is 0 Å². The molecule has 1 fully saturated rings. The van der Waals surface area contributed by atoms with Crippen molar-refractivity contribution in [1.82, 2.24) is 14.8 Å². The number of nitrogens with zero attached hydrogens (tertiary/aromatic N) is 3. The molecule has 1 aromatic heterocycles. The summed E-state index contributed by atoms with van der Waals surface area (Å²) in [6, 6.07) is 9.25. The number of alkyl halides is 3. The Morgan fingerprint density at radius 1 is 1.15 bits per heavy atom. The van der Waals surface area contributed by atoms with Gasteiger partial charge in [-0.25, -0.2) is 0 Å². The Morgan fingerprint density at radius 3 is 2.56 bits per heavy atom. The third-order valence-corrected chi connectivity index (χ3v) is 4.55. The predicted molar refractivity (Wildman–Crippen MR) is 93.4 cm³/mol. The van der Waals surface area contributed by atoms with Crippen molar-refractivity contribution in [1.29, 1.82) is 0 Å². The number of methoxy groups -OCH3 is 1.